The molecule has 2 aromatic carbocycles. The molecule has 0 heterocycles. The van der Waals surface area contributed by atoms with E-state index in [1.54, 1.807) is 12.1 Å². The summed E-state index contributed by atoms with van der Waals surface area (Å²) in [5, 5.41) is 10.3. The smallest absolute Gasteiger partial charge is 0.133 e. The van der Waals surface area contributed by atoms with E-state index in [0.717, 1.165) is 10.0 Å². The van der Waals surface area contributed by atoms with Crippen LogP contribution in [0, 0.1) is 12.7 Å². The van der Waals surface area contributed by atoms with Crippen LogP contribution in [0.25, 0.3) is 0 Å². The van der Waals surface area contributed by atoms with Crippen molar-refractivity contribution in [1.29, 1.82) is 0 Å². The van der Waals surface area contributed by atoms with Gasteiger partial charge in [-0.05, 0) is 36.2 Å². The van der Waals surface area contributed by atoms with Gasteiger partial charge < -0.3 is 9.84 Å². The van der Waals surface area contributed by atoms with Crippen molar-refractivity contribution >= 4 is 15.9 Å². The quantitative estimate of drug-likeness (QED) is 0.925. The van der Waals surface area contributed by atoms with Gasteiger partial charge in [0.25, 0.3) is 0 Å². The maximum absolute atomic E-state index is 13.9. The minimum absolute atomic E-state index is 0.227. The molecule has 0 spiro atoms. The summed E-state index contributed by atoms with van der Waals surface area (Å²) >= 11 is 3.39. The zero-order chi connectivity index (χ0) is 14.0. The summed E-state index contributed by atoms with van der Waals surface area (Å²) in [4.78, 5) is 0. The Morgan fingerprint density at radius 2 is 1.84 bits per heavy atom. The fourth-order valence-corrected chi connectivity index (χ4v) is 2.59. The lowest BCUT2D eigenvalue weighted by Gasteiger charge is -2.15. The number of methoxy groups -OCH3 is 1. The van der Waals surface area contributed by atoms with Crippen molar-refractivity contribution in [3.05, 3.63) is 63.4 Å². The Balaban J connectivity index is 2.41. The number of benzene rings is 2. The van der Waals surface area contributed by atoms with Gasteiger partial charge >= 0.3 is 0 Å². The van der Waals surface area contributed by atoms with Crippen molar-refractivity contribution in [2.45, 2.75) is 13.0 Å². The SMILES string of the molecule is COc1ccc(C(O)c2ccc(C)cc2Br)c(F)c1. The minimum atomic E-state index is -1.01. The summed E-state index contributed by atoms with van der Waals surface area (Å²) in [5.41, 5.74) is 1.93. The van der Waals surface area contributed by atoms with E-state index in [1.807, 2.05) is 19.1 Å². The predicted octanol–water partition coefficient (Wildman–Crippen LogP) is 3.99. The van der Waals surface area contributed by atoms with Gasteiger partial charge in [0.1, 0.15) is 17.7 Å². The summed E-state index contributed by atoms with van der Waals surface area (Å²) in [6.07, 6.45) is -1.01. The molecule has 2 nitrogen and oxygen atoms in total. The minimum Gasteiger partial charge on any atom is -0.497 e. The van der Waals surface area contributed by atoms with Crippen molar-refractivity contribution in [3.8, 4) is 5.75 Å². The number of hydrogen-bond acceptors (Lipinski definition) is 2. The highest BCUT2D eigenvalue weighted by Crippen LogP contribution is 2.31. The second kappa shape index (κ2) is 5.72. The van der Waals surface area contributed by atoms with Gasteiger partial charge in [0.15, 0.2) is 0 Å². The first-order valence-electron chi connectivity index (χ1n) is 5.80. The van der Waals surface area contributed by atoms with E-state index in [9.17, 15) is 9.50 Å². The zero-order valence-electron chi connectivity index (χ0n) is 10.7. The van der Waals surface area contributed by atoms with E-state index in [1.165, 1.54) is 19.2 Å². The van der Waals surface area contributed by atoms with Crippen molar-refractivity contribution < 1.29 is 14.2 Å². The van der Waals surface area contributed by atoms with Crippen LogP contribution >= 0.6 is 15.9 Å². The van der Waals surface area contributed by atoms with Gasteiger partial charge in [-0.2, -0.15) is 0 Å². The van der Waals surface area contributed by atoms with E-state index in [2.05, 4.69) is 15.9 Å². The lowest BCUT2D eigenvalue weighted by molar-refractivity contribution is 0.214. The van der Waals surface area contributed by atoms with Gasteiger partial charge in [-0.1, -0.05) is 28.1 Å². The first-order valence-corrected chi connectivity index (χ1v) is 6.59. The van der Waals surface area contributed by atoms with Crippen LogP contribution in [0.1, 0.15) is 22.8 Å². The van der Waals surface area contributed by atoms with E-state index >= 15 is 0 Å². The van der Waals surface area contributed by atoms with Crippen LogP contribution in [0.2, 0.25) is 0 Å². The molecule has 0 aliphatic rings. The molecular formula is C15H14BrFO2. The standard InChI is InChI=1S/C15H14BrFO2/c1-9-3-5-11(13(16)7-9)15(18)12-6-4-10(19-2)8-14(12)17/h3-8,15,18H,1-2H3. The molecule has 0 saturated carbocycles. The molecule has 1 N–H and O–H groups in total. The topological polar surface area (TPSA) is 29.5 Å². The van der Waals surface area contributed by atoms with Gasteiger partial charge in [-0.25, -0.2) is 4.39 Å². The fourth-order valence-electron chi connectivity index (χ4n) is 1.88. The maximum atomic E-state index is 13.9. The van der Waals surface area contributed by atoms with Crippen LogP contribution < -0.4 is 4.74 Å². The highest BCUT2D eigenvalue weighted by atomic mass is 79.9. The third-order valence-corrected chi connectivity index (χ3v) is 3.64. The van der Waals surface area contributed by atoms with Crippen molar-refractivity contribution in [3.63, 3.8) is 0 Å². The zero-order valence-corrected chi connectivity index (χ0v) is 12.2. The predicted molar refractivity (Wildman–Crippen MR) is 75.9 cm³/mol. The molecule has 0 aliphatic heterocycles. The molecule has 0 saturated heterocycles. The normalized spacial score (nSPS) is 12.3. The molecule has 0 fully saturated rings. The number of hydrogen-bond donors (Lipinski definition) is 1. The summed E-state index contributed by atoms with van der Waals surface area (Å²) < 4.78 is 19.6. The second-order valence-electron chi connectivity index (χ2n) is 4.31. The number of aliphatic hydroxyl groups excluding tert-OH is 1. The molecule has 4 heteroatoms. The van der Waals surface area contributed by atoms with Gasteiger partial charge in [-0.15, -0.1) is 0 Å². The Labute approximate surface area is 120 Å². The van der Waals surface area contributed by atoms with Crippen LogP contribution in [0.3, 0.4) is 0 Å². The van der Waals surface area contributed by atoms with Gasteiger partial charge in [0.2, 0.25) is 0 Å². The Morgan fingerprint density at radius 1 is 1.16 bits per heavy atom. The number of halogens is 2. The third kappa shape index (κ3) is 2.96. The van der Waals surface area contributed by atoms with E-state index in [4.69, 9.17) is 4.74 Å². The number of ether oxygens (including phenoxy) is 1. The molecule has 1 unspecified atom stereocenters. The number of rotatable bonds is 3. The summed E-state index contributed by atoms with van der Waals surface area (Å²) in [6.45, 7) is 1.95. The Bertz CT molecular complexity index is 599. The average molecular weight is 325 g/mol. The lowest BCUT2D eigenvalue weighted by atomic mass is 10.00. The van der Waals surface area contributed by atoms with E-state index in [-0.39, 0.29) is 5.56 Å². The highest BCUT2D eigenvalue weighted by molar-refractivity contribution is 9.10. The Kier molecular flexibility index (Phi) is 4.22. The molecule has 2 rings (SSSR count). The van der Waals surface area contributed by atoms with Crippen molar-refractivity contribution in [2.24, 2.45) is 0 Å². The summed E-state index contributed by atoms with van der Waals surface area (Å²) in [5.74, 6) is -0.0595. The van der Waals surface area contributed by atoms with Gasteiger partial charge in [0.05, 0.1) is 7.11 Å². The Hall–Kier alpha value is -1.39. The molecule has 2 aromatic rings. The monoisotopic (exact) mass is 324 g/mol. The van der Waals surface area contributed by atoms with Crippen LogP contribution in [0.15, 0.2) is 40.9 Å². The molecule has 0 aromatic heterocycles. The molecule has 1 atom stereocenters. The number of aliphatic hydroxyl groups is 1. The molecular weight excluding hydrogens is 311 g/mol. The van der Waals surface area contributed by atoms with Gasteiger partial charge in [-0.3, -0.25) is 0 Å². The fraction of sp³-hybridized carbons (Fsp3) is 0.200. The maximum Gasteiger partial charge on any atom is 0.133 e. The van der Waals surface area contributed by atoms with Gasteiger partial charge in [0, 0.05) is 16.1 Å². The first-order chi connectivity index (χ1) is 9.02. The third-order valence-electron chi connectivity index (χ3n) is 2.95. The van der Waals surface area contributed by atoms with Crippen LogP contribution in [-0.2, 0) is 0 Å². The average Bonchev–Trinajstić information content (AvgIpc) is 2.37. The Morgan fingerprint density at radius 3 is 2.42 bits per heavy atom. The van der Waals surface area contributed by atoms with E-state index < -0.39 is 11.9 Å². The molecule has 0 aliphatic carbocycles. The number of aryl methyl sites for hydroxylation is 1. The first kappa shape index (κ1) is 14.0. The summed E-state index contributed by atoms with van der Waals surface area (Å²) in [6, 6.07) is 9.98. The summed E-state index contributed by atoms with van der Waals surface area (Å²) in [7, 11) is 1.47. The highest BCUT2D eigenvalue weighted by Gasteiger charge is 2.18. The molecule has 0 amide bonds. The molecule has 100 valence electrons. The van der Waals surface area contributed by atoms with Crippen LogP contribution in [0.4, 0.5) is 4.39 Å². The van der Waals surface area contributed by atoms with Crippen LogP contribution in [0.5, 0.6) is 5.75 Å². The van der Waals surface area contributed by atoms with Crippen LogP contribution in [-0.4, -0.2) is 12.2 Å². The van der Waals surface area contributed by atoms with Crippen molar-refractivity contribution in [1.82, 2.24) is 0 Å². The lowest BCUT2D eigenvalue weighted by Crippen LogP contribution is -2.04. The molecule has 19 heavy (non-hydrogen) atoms. The molecule has 0 radical (unpaired) electrons. The molecule has 0 bridgehead atoms. The largest absolute Gasteiger partial charge is 0.497 e. The second-order valence-corrected chi connectivity index (χ2v) is 5.17. The van der Waals surface area contributed by atoms with E-state index in [0.29, 0.717) is 11.3 Å². The van der Waals surface area contributed by atoms with Crippen molar-refractivity contribution in [2.75, 3.05) is 7.11 Å².